The molecule has 18 rings (SSSR count). The van der Waals surface area contributed by atoms with Crippen molar-refractivity contribution in [2.45, 2.75) is 197 Å². The molecular weight excluding hydrogens is 697 g/mol. The highest BCUT2D eigenvalue weighted by Crippen LogP contribution is 2.74. The van der Waals surface area contributed by atoms with Crippen molar-refractivity contribution >= 4 is 0 Å². The van der Waals surface area contributed by atoms with Gasteiger partial charge in [-0.1, -0.05) is 55.4 Å². The minimum atomic E-state index is 0.698. The Morgan fingerprint density at radius 1 is 0.207 bits per heavy atom. The minimum Gasteiger partial charge on any atom is -0.0596 e. The average molecular weight is 789 g/mol. The van der Waals surface area contributed by atoms with E-state index < -0.39 is 0 Å². The Labute approximate surface area is 358 Å². The fraction of sp³-hybridized carbons (Fsp3) is 1.00. The Balaban J connectivity index is 0.0000000805. The van der Waals surface area contributed by atoms with E-state index in [1.165, 1.54) is 71.0 Å². The second-order valence-corrected chi connectivity index (χ2v) is 29.8. The van der Waals surface area contributed by atoms with Gasteiger partial charge in [0.15, 0.2) is 0 Å². The van der Waals surface area contributed by atoms with E-state index in [1.54, 1.807) is 141 Å². The fourth-order valence-electron chi connectivity index (χ4n) is 25.1. The summed E-state index contributed by atoms with van der Waals surface area (Å²) in [6.45, 7) is 20.4. The van der Waals surface area contributed by atoms with Gasteiger partial charge in [0.1, 0.15) is 0 Å². The molecule has 0 aromatic carbocycles. The molecule has 20 unspecified atom stereocenters. The van der Waals surface area contributed by atoms with Crippen molar-refractivity contribution in [1.82, 2.24) is 0 Å². The van der Waals surface area contributed by atoms with Crippen molar-refractivity contribution in [3.8, 4) is 0 Å². The van der Waals surface area contributed by atoms with Crippen LogP contribution in [0.4, 0.5) is 0 Å². The Bertz CT molecular complexity index is 1470. The second kappa shape index (κ2) is 12.8. The molecule has 0 spiro atoms. The average Bonchev–Trinajstić information content (AvgIpc) is 4.02. The van der Waals surface area contributed by atoms with E-state index in [2.05, 4.69) is 55.4 Å². The van der Waals surface area contributed by atoms with Crippen LogP contribution in [0.15, 0.2) is 0 Å². The maximum atomic E-state index is 2.55. The van der Waals surface area contributed by atoms with Crippen molar-refractivity contribution in [3.63, 3.8) is 0 Å². The van der Waals surface area contributed by atoms with Gasteiger partial charge in [0.05, 0.1) is 0 Å². The SMILES string of the molecule is CC1(C)CC2CC1C1C3CCC(C3)C21.CC1(C)CC2CC1C1C3CCC(C3)C21.CC1(C)CC2CC1C1C3CCC(CC3)C21.CC1(C)CC2CC1C1C3CCC(CC3)C21. The maximum absolute atomic E-state index is 2.55. The lowest BCUT2D eigenvalue weighted by Gasteiger charge is -2.54. The summed E-state index contributed by atoms with van der Waals surface area (Å²) in [5.74, 6) is 27.8. The molecule has 18 aliphatic carbocycles. The molecule has 0 saturated heterocycles. The van der Waals surface area contributed by atoms with Gasteiger partial charge in [-0.05, 0) is 305 Å². The molecule has 58 heavy (non-hydrogen) atoms. The van der Waals surface area contributed by atoms with Crippen molar-refractivity contribution in [1.29, 1.82) is 0 Å². The van der Waals surface area contributed by atoms with Crippen LogP contribution in [-0.2, 0) is 0 Å². The first-order valence-corrected chi connectivity index (χ1v) is 27.7. The quantitative estimate of drug-likeness (QED) is 0.215. The van der Waals surface area contributed by atoms with E-state index in [0.29, 0.717) is 21.7 Å². The Morgan fingerprint density at radius 2 is 0.397 bits per heavy atom. The molecule has 0 radical (unpaired) electrons. The minimum absolute atomic E-state index is 0.698. The summed E-state index contributed by atoms with van der Waals surface area (Å²) in [5.41, 5.74) is 2.80. The molecule has 0 nitrogen and oxygen atoms in total. The fourth-order valence-corrected chi connectivity index (χ4v) is 25.1. The molecule has 324 valence electrons. The zero-order valence-electron chi connectivity index (χ0n) is 39.4. The molecule has 0 aromatic rings. The number of hydrogen-bond acceptors (Lipinski definition) is 0. The lowest BCUT2D eigenvalue weighted by atomic mass is 9.51. The van der Waals surface area contributed by atoms with Gasteiger partial charge in [0.2, 0.25) is 0 Å². The molecular formula is C58H92. The molecule has 0 amide bonds. The van der Waals surface area contributed by atoms with Crippen LogP contribution in [0.3, 0.4) is 0 Å². The van der Waals surface area contributed by atoms with E-state index in [1.807, 2.05) is 0 Å². The molecule has 0 heteroatoms. The van der Waals surface area contributed by atoms with Crippen molar-refractivity contribution in [2.24, 2.45) is 164 Å². The van der Waals surface area contributed by atoms with Gasteiger partial charge in [-0.3, -0.25) is 0 Å². The molecule has 0 N–H and O–H groups in total. The molecule has 16 bridgehead atoms. The van der Waals surface area contributed by atoms with Crippen LogP contribution in [0.25, 0.3) is 0 Å². The summed E-state index contributed by atoms with van der Waals surface area (Å²) in [6, 6.07) is 0. The largest absolute Gasteiger partial charge is 0.0596 e. The van der Waals surface area contributed by atoms with Crippen LogP contribution in [-0.4, -0.2) is 0 Å². The molecule has 18 saturated carbocycles. The standard InChI is InChI=1S/2C15H24.2C14H22/c2*1-15(2)8-11-7-12(15)14-10-5-3-9(4-6-10)13(11)14;2*1-14(2)7-10-6-11(14)13-9-4-3-8(5-9)12(10)13/h2*9-14H,3-8H2,1-2H3;2*8-13H,3-7H2,1-2H3. The third-order valence-corrected chi connectivity index (χ3v) is 26.2. The van der Waals surface area contributed by atoms with Gasteiger partial charge < -0.3 is 0 Å². The third-order valence-electron chi connectivity index (χ3n) is 26.2. The summed E-state index contributed by atoms with van der Waals surface area (Å²) in [5, 5.41) is 0. The highest BCUT2D eigenvalue weighted by atomic mass is 14.7. The van der Waals surface area contributed by atoms with Crippen LogP contribution < -0.4 is 0 Å². The van der Waals surface area contributed by atoms with Crippen molar-refractivity contribution in [3.05, 3.63) is 0 Å². The van der Waals surface area contributed by atoms with Gasteiger partial charge in [-0.15, -0.1) is 0 Å². The van der Waals surface area contributed by atoms with Gasteiger partial charge in [-0.25, -0.2) is 0 Å². The van der Waals surface area contributed by atoms with E-state index in [9.17, 15) is 0 Å². The Hall–Kier alpha value is 0. The molecule has 18 aliphatic rings. The van der Waals surface area contributed by atoms with Crippen molar-refractivity contribution in [2.75, 3.05) is 0 Å². The predicted octanol–water partition coefficient (Wildman–Crippen LogP) is 15.6. The molecule has 0 aliphatic heterocycles. The lowest BCUT2D eigenvalue weighted by molar-refractivity contribution is -0.0507. The zero-order chi connectivity index (χ0) is 39.4. The summed E-state index contributed by atoms with van der Waals surface area (Å²) < 4.78 is 0. The van der Waals surface area contributed by atoms with E-state index in [0.717, 1.165) is 71.0 Å². The third kappa shape index (κ3) is 5.35. The van der Waals surface area contributed by atoms with E-state index in [4.69, 9.17) is 0 Å². The Kier molecular flexibility index (Phi) is 8.51. The van der Waals surface area contributed by atoms with Crippen molar-refractivity contribution < 1.29 is 0 Å². The summed E-state index contributed by atoms with van der Waals surface area (Å²) in [7, 11) is 0. The second-order valence-electron chi connectivity index (χ2n) is 29.8. The van der Waals surface area contributed by atoms with E-state index in [-0.39, 0.29) is 0 Å². The first-order valence-electron chi connectivity index (χ1n) is 27.7. The highest BCUT2D eigenvalue weighted by Gasteiger charge is 2.67. The monoisotopic (exact) mass is 789 g/mol. The van der Waals surface area contributed by atoms with Crippen LogP contribution in [0.2, 0.25) is 0 Å². The van der Waals surface area contributed by atoms with Gasteiger partial charge in [0, 0.05) is 0 Å². The zero-order valence-corrected chi connectivity index (χ0v) is 39.4. The predicted molar refractivity (Wildman–Crippen MR) is 240 cm³/mol. The summed E-state index contributed by atoms with van der Waals surface area (Å²) >= 11 is 0. The van der Waals surface area contributed by atoms with E-state index >= 15 is 0 Å². The number of hydrogen-bond donors (Lipinski definition) is 0. The summed E-state index contributed by atoms with van der Waals surface area (Å²) in [6.07, 6.45) is 35.0. The molecule has 0 heterocycles. The van der Waals surface area contributed by atoms with Crippen LogP contribution in [0.1, 0.15) is 197 Å². The first kappa shape index (κ1) is 38.5. The first-order chi connectivity index (χ1) is 27.7. The number of rotatable bonds is 0. The molecule has 0 aromatic heterocycles. The van der Waals surface area contributed by atoms with Gasteiger partial charge in [0.25, 0.3) is 0 Å². The van der Waals surface area contributed by atoms with Crippen LogP contribution in [0, 0.1) is 164 Å². The molecule has 18 fully saturated rings. The smallest absolute Gasteiger partial charge is 0.0318 e. The van der Waals surface area contributed by atoms with Gasteiger partial charge in [-0.2, -0.15) is 0 Å². The normalized spacial score (nSPS) is 60.8. The Morgan fingerprint density at radius 3 is 0.672 bits per heavy atom. The molecule has 20 atom stereocenters. The lowest BCUT2D eigenvalue weighted by Crippen LogP contribution is -2.47. The maximum Gasteiger partial charge on any atom is -0.0318 e. The topological polar surface area (TPSA) is 0 Å². The summed E-state index contributed by atoms with van der Waals surface area (Å²) in [4.78, 5) is 0. The van der Waals surface area contributed by atoms with Crippen LogP contribution in [0.5, 0.6) is 0 Å². The van der Waals surface area contributed by atoms with Crippen LogP contribution >= 0.6 is 0 Å². The number of fused-ring (bicyclic) bond motifs is 26. The van der Waals surface area contributed by atoms with Gasteiger partial charge >= 0.3 is 0 Å². The highest BCUT2D eigenvalue weighted by molar-refractivity contribution is 5.16.